The fourth-order valence-corrected chi connectivity index (χ4v) is 9.77. The first-order chi connectivity index (χ1) is 33.1. The number of nitrogens with one attached hydrogen (secondary N) is 2. The van der Waals surface area contributed by atoms with Crippen molar-refractivity contribution in [2.24, 2.45) is 5.41 Å². The lowest BCUT2D eigenvalue weighted by molar-refractivity contribution is -0.144. The normalized spacial score (nSPS) is 17.2. The molecule has 4 amide bonds. The lowest BCUT2D eigenvalue weighted by Gasteiger charge is -2.36. The number of ether oxygens (including phenoxy) is 1. The Morgan fingerprint density at radius 2 is 1.43 bits per heavy atom. The molecule has 5 N–H and O–H groups in total. The number of piperazine rings is 1. The number of carbonyl (C=O) groups excluding carboxylic acids is 4. The lowest BCUT2D eigenvalue weighted by Crippen LogP contribution is -2.57. The van der Waals surface area contributed by atoms with Gasteiger partial charge >= 0.3 is 0 Å². The number of aliphatic hydroxyl groups excluding tert-OH is 1. The molecule has 3 atom stereocenters. The van der Waals surface area contributed by atoms with Crippen LogP contribution in [0.3, 0.4) is 0 Å². The summed E-state index contributed by atoms with van der Waals surface area (Å²) in [5.74, 6) is -0.280. The van der Waals surface area contributed by atoms with Gasteiger partial charge in [0.2, 0.25) is 23.6 Å². The summed E-state index contributed by atoms with van der Waals surface area (Å²) in [6.45, 7) is 13.3. The average Bonchev–Trinajstić information content (AvgIpc) is 3.96. The molecule has 1 aromatic heterocycles. The number of rotatable bonds is 17. The average molecular weight is 957 g/mol. The number of aromatic hydroxyl groups is 2. The highest BCUT2D eigenvalue weighted by molar-refractivity contribution is 7.13. The van der Waals surface area contributed by atoms with E-state index in [4.69, 9.17) is 4.74 Å². The first-order valence-electron chi connectivity index (χ1n) is 23.7. The van der Waals surface area contributed by atoms with E-state index in [0.29, 0.717) is 39.3 Å². The molecule has 0 radical (unpaired) electrons. The number of hydrogen-bond acceptors (Lipinski definition) is 11. The molecular weight excluding hydrogens is 893 g/mol. The Morgan fingerprint density at radius 1 is 0.826 bits per heavy atom. The zero-order valence-corrected chi connectivity index (χ0v) is 40.9. The topological polar surface area (TPSA) is 185 Å². The number of carbonyl (C=O) groups is 4. The summed E-state index contributed by atoms with van der Waals surface area (Å²) in [6.07, 6.45) is -0.159. The van der Waals surface area contributed by atoms with Crippen molar-refractivity contribution in [2.75, 3.05) is 45.9 Å². The zero-order chi connectivity index (χ0) is 49.2. The summed E-state index contributed by atoms with van der Waals surface area (Å²) in [5.41, 5.74) is 9.06. The van der Waals surface area contributed by atoms with Crippen molar-refractivity contribution >= 4 is 46.1 Å². The molecule has 0 saturated carbocycles. The number of phenolic OH excluding ortho intramolecular Hbond substituents is 2. The molecule has 5 aromatic rings. The molecule has 0 bridgehead atoms. The predicted octanol–water partition coefficient (Wildman–Crippen LogP) is 7.01. The SMILES string of the molecule is CCC(=C(c1ccc(O)cc1)c1ccc(OCCN2CCN(C(=O)CCC(=O)N[C@H](C(=O)N3C[C@H](O)C[C@H]3C(=O)NCc3ccc(-c4scnc4C)cc3)C(C)(C)C)CC2)cc1)c1ccc(O)cc1. The van der Waals surface area contributed by atoms with Crippen LogP contribution in [0.5, 0.6) is 17.2 Å². The Balaban J connectivity index is 0.857. The van der Waals surface area contributed by atoms with Gasteiger partial charge in [0.15, 0.2) is 0 Å². The second kappa shape index (κ2) is 22.7. The van der Waals surface area contributed by atoms with E-state index < -0.39 is 35.4 Å². The highest BCUT2D eigenvalue weighted by atomic mass is 32.1. The standard InChI is InChI=1S/C54H64N6O8S/c1-6-45(37-11-17-41(61)18-12-37)49(38-13-19-42(62)20-14-38)39-15-21-44(22-16-39)68-30-29-58-25-27-59(28-26-58)48(65)24-23-47(64)57-51(54(3,4)5)53(67)60-33-43(63)31-46(60)52(66)55-32-36-7-9-40(10-8-36)50-35(2)56-34-69-50/h7-22,34,43,46,51,61-63H,6,23-33H2,1-5H3,(H,55,66)(H,57,64)/t43-,46+,51-/m1/s1. The van der Waals surface area contributed by atoms with Gasteiger partial charge in [-0.15, -0.1) is 11.3 Å². The first kappa shape index (κ1) is 50.3. The molecule has 15 heteroatoms. The zero-order valence-electron chi connectivity index (χ0n) is 40.1. The van der Waals surface area contributed by atoms with Crippen LogP contribution >= 0.6 is 11.3 Å². The van der Waals surface area contributed by atoms with Gasteiger partial charge in [-0.25, -0.2) is 4.98 Å². The molecule has 0 spiro atoms. The van der Waals surface area contributed by atoms with Gasteiger partial charge in [-0.3, -0.25) is 24.1 Å². The van der Waals surface area contributed by atoms with Crippen LogP contribution in [0.4, 0.5) is 0 Å². The summed E-state index contributed by atoms with van der Waals surface area (Å²) >= 11 is 1.57. The monoisotopic (exact) mass is 956 g/mol. The largest absolute Gasteiger partial charge is 0.508 e. The molecule has 2 aliphatic rings. The molecule has 7 rings (SSSR count). The third-order valence-electron chi connectivity index (χ3n) is 12.8. The number of nitrogens with zero attached hydrogens (tertiary/aromatic N) is 4. The van der Waals surface area contributed by atoms with Crippen LogP contribution in [0, 0.1) is 12.3 Å². The van der Waals surface area contributed by atoms with Crippen LogP contribution in [-0.4, -0.2) is 123 Å². The van der Waals surface area contributed by atoms with Crippen molar-refractivity contribution in [1.82, 2.24) is 30.3 Å². The second-order valence-corrected chi connectivity index (χ2v) is 19.7. The number of benzene rings is 4. The third-order valence-corrected chi connectivity index (χ3v) is 13.8. The number of thiazole rings is 1. The van der Waals surface area contributed by atoms with E-state index in [0.717, 1.165) is 61.7 Å². The molecule has 2 aliphatic heterocycles. The molecule has 4 aromatic carbocycles. The summed E-state index contributed by atoms with van der Waals surface area (Å²) in [7, 11) is 0. The molecule has 0 aliphatic carbocycles. The van der Waals surface area contributed by atoms with E-state index in [-0.39, 0.29) is 55.7 Å². The minimum atomic E-state index is -0.988. The molecule has 14 nitrogen and oxygen atoms in total. The van der Waals surface area contributed by atoms with Gasteiger partial charge in [-0.05, 0) is 94.1 Å². The van der Waals surface area contributed by atoms with Crippen molar-refractivity contribution in [2.45, 2.75) is 85.0 Å². The number of phenols is 2. The summed E-state index contributed by atoms with van der Waals surface area (Å²) in [5, 5.41) is 36.3. The number of aliphatic hydroxyl groups is 1. The highest BCUT2D eigenvalue weighted by Crippen LogP contribution is 2.36. The first-order valence-corrected chi connectivity index (χ1v) is 24.6. The van der Waals surface area contributed by atoms with Gasteiger partial charge in [0.05, 0.1) is 22.2 Å². The predicted molar refractivity (Wildman–Crippen MR) is 268 cm³/mol. The van der Waals surface area contributed by atoms with Crippen LogP contribution < -0.4 is 15.4 Å². The van der Waals surface area contributed by atoms with Crippen LogP contribution in [0.15, 0.2) is 103 Å². The molecule has 2 saturated heterocycles. The molecule has 0 unspecified atom stereocenters. The quantitative estimate of drug-likeness (QED) is 0.0608. The van der Waals surface area contributed by atoms with E-state index in [1.807, 2.05) is 106 Å². The highest BCUT2D eigenvalue weighted by Gasteiger charge is 2.44. The van der Waals surface area contributed by atoms with Crippen molar-refractivity contribution in [1.29, 1.82) is 0 Å². The van der Waals surface area contributed by atoms with Gasteiger partial charge in [0.25, 0.3) is 0 Å². The lowest BCUT2D eigenvalue weighted by atomic mass is 9.85. The number of allylic oxidation sites excluding steroid dienone is 1. The Kier molecular flexibility index (Phi) is 16.6. The van der Waals surface area contributed by atoms with Gasteiger partial charge in [-0.2, -0.15) is 0 Å². The maximum absolute atomic E-state index is 14.1. The number of aromatic nitrogens is 1. The molecule has 69 heavy (non-hydrogen) atoms. The van der Waals surface area contributed by atoms with Gasteiger partial charge in [-0.1, -0.05) is 88.4 Å². The number of hydrogen-bond donors (Lipinski definition) is 5. The Bertz CT molecular complexity index is 2580. The number of likely N-dealkylation sites (tertiary alicyclic amines) is 1. The number of amides is 4. The van der Waals surface area contributed by atoms with Crippen molar-refractivity contribution in [3.8, 4) is 27.7 Å². The molecule has 2 fully saturated rings. The van der Waals surface area contributed by atoms with Gasteiger partial charge in [0, 0.05) is 65.1 Å². The van der Waals surface area contributed by atoms with Crippen LogP contribution in [0.25, 0.3) is 21.6 Å². The molecule has 3 heterocycles. The Labute approximate surface area is 408 Å². The van der Waals surface area contributed by atoms with E-state index in [1.165, 1.54) is 4.90 Å². The molecular formula is C54H64N6O8S. The fraction of sp³-hybridized carbons (Fsp3) is 0.389. The Hall–Kier alpha value is -6.55. The van der Waals surface area contributed by atoms with Crippen molar-refractivity contribution < 1.29 is 39.2 Å². The van der Waals surface area contributed by atoms with Gasteiger partial charge < -0.3 is 40.5 Å². The van der Waals surface area contributed by atoms with Gasteiger partial charge in [0.1, 0.15) is 35.9 Å². The smallest absolute Gasteiger partial charge is 0.246 e. The minimum absolute atomic E-state index is 0.00735. The maximum Gasteiger partial charge on any atom is 0.246 e. The summed E-state index contributed by atoms with van der Waals surface area (Å²) in [6, 6.07) is 28.3. The summed E-state index contributed by atoms with van der Waals surface area (Å²) < 4.78 is 6.16. The van der Waals surface area contributed by atoms with E-state index in [1.54, 1.807) is 40.5 Å². The summed E-state index contributed by atoms with van der Waals surface area (Å²) in [4.78, 5) is 65.1. The van der Waals surface area contributed by atoms with E-state index in [9.17, 15) is 34.5 Å². The van der Waals surface area contributed by atoms with E-state index >= 15 is 0 Å². The fourth-order valence-electron chi connectivity index (χ4n) is 8.95. The van der Waals surface area contributed by atoms with Crippen LogP contribution in [-0.2, 0) is 25.7 Å². The van der Waals surface area contributed by atoms with Crippen molar-refractivity contribution in [3.63, 3.8) is 0 Å². The molecule has 364 valence electrons. The Morgan fingerprint density at radius 3 is 2.01 bits per heavy atom. The van der Waals surface area contributed by atoms with Crippen LogP contribution in [0.1, 0.15) is 81.3 Å². The second-order valence-electron chi connectivity index (χ2n) is 18.8. The van der Waals surface area contributed by atoms with E-state index in [2.05, 4.69) is 27.4 Å². The van der Waals surface area contributed by atoms with Crippen molar-refractivity contribution in [3.05, 3.63) is 131 Å². The minimum Gasteiger partial charge on any atom is -0.508 e. The number of aryl methyl sites for hydroxylation is 1. The third kappa shape index (κ3) is 13.0. The number of β-amino-alcohol motifs (C(OH)–C–C–N with tert-alkyl or cyclic N) is 1. The maximum atomic E-state index is 14.1. The van der Waals surface area contributed by atoms with Crippen LogP contribution in [0.2, 0.25) is 0 Å².